The third-order valence-corrected chi connectivity index (χ3v) is 4.64. The van der Waals surface area contributed by atoms with Gasteiger partial charge in [-0.1, -0.05) is 19.0 Å². The van der Waals surface area contributed by atoms with E-state index in [2.05, 4.69) is 10.1 Å². The summed E-state index contributed by atoms with van der Waals surface area (Å²) in [6, 6.07) is 1.96. The second-order valence-corrected chi connectivity index (χ2v) is 6.81. The Morgan fingerprint density at radius 3 is 2.91 bits per heavy atom. The first-order chi connectivity index (χ1) is 11.0. The van der Waals surface area contributed by atoms with Gasteiger partial charge in [-0.15, -0.1) is 0 Å². The Labute approximate surface area is 136 Å². The van der Waals surface area contributed by atoms with Gasteiger partial charge < -0.3 is 15.2 Å². The van der Waals surface area contributed by atoms with Gasteiger partial charge in [-0.2, -0.15) is 0 Å². The molecule has 0 aliphatic carbocycles. The minimum Gasteiger partial charge on any atom is -0.338 e. The minimum atomic E-state index is 0.0145. The maximum absolute atomic E-state index is 12.8. The van der Waals surface area contributed by atoms with Crippen LogP contribution >= 0.6 is 0 Å². The molecule has 0 bridgehead atoms. The predicted molar refractivity (Wildman–Crippen MR) is 88.2 cm³/mol. The van der Waals surface area contributed by atoms with Gasteiger partial charge in [0.1, 0.15) is 0 Å². The van der Waals surface area contributed by atoms with Crippen molar-refractivity contribution < 1.29 is 9.32 Å². The van der Waals surface area contributed by atoms with Crippen LogP contribution in [0.1, 0.15) is 55.6 Å². The summed E-state index contributed by atoms with van der Waals surface area (Å²) in [5.41, 5.74) is 7.93. The van der Waals surface area contributed by atoms with E-state index in [1.165, 1.54) is 0 Å². The molecule has 124 valence electrons. The molecule has 2 aromatic heterocycles. The zero-order chi connectivity index (χ0) is 16.6. The summed E-state index contributed by atoms with van der Waals surface area (Å²) in [5, 5.41) is 4.89. The summed E-state index contributed by atoms with van der Waals surface area (Å²) in [4.78, 5) is 19.0. The van der Waals surface area contributed by atoms with Crippen LogP contribution in [-0.4, -0.2) is 40.1 Å². The second kappa shape index (κ2) is 6.28. The fourth-order valence-electron chi connectivity index (χ4n) is 3.19. The maximum atomic E-state index is 12.8. The second-order valence-electron chi connectivity index (χ2n) is 6.81. The Balaban J connectivity index is 1.87. The zero-order valence-corrected chi connectivity index (χ0v) is 14.0. The minimum absolute atomic E-state index is 0.0145. The summed E-state index contributed by atoms with van der Waals surface area (Å²) in [6.07, 6.45) is 3.66. The highest BCUT2D eigenvalue weighted by molar-refractivity contribution is 5.97. The average molecular weight is 316 g/mol. The lowest BCUT2D eigenvalue weighted by atomic mass is 9.92. The number of hydrogen-bond acceptors (Lipinski definition) is 5. The van der Waals surface area contributed by atoms with Crippen molar-refractivity contribution in [2.24, 2.45) is 11.7 Å². The van der Waals surface area contributed by atoms with Gasteiger partial charge >= 0.3 is 0 Å². The van der Waals surface area contributed by atoms with Crippen molar-refractivity contribution in [2.75, 3.05) is 13.1 Å². The molecule has 0 aromatic carbocycles. The average Bonchev–Trinajstić information content (AvgIpc) is 2.97. The molecular formula is C17H24N4O2. The van der Waals surface area contributed by atoms with Gasteiger partial charge in [-0.05, 0) is 37.7 Å². The number of carbonyl (C=O) groups is 1. The Hall–Kier alpha value is -1.95. The molecule has 0 unspecified atom stereocenters. The third kappa shape index (κ3) is 3.08. The number of hydrogen-bond donors (Lipinski definition) is 1. The van der Waals surface area contributed by atoms with Crippen LogP contribution in [0.25, 0.3) is 11.1 Å². The molecule has 2 N–H and O–H groups in total. The van der Waals surface area contributed by atoms with Crippen molar-refractivity contribution in [3.8, 4) is 0 Å². The number of carbonyl (C=O) groups excluding carboxylic acids is 1. The summed E-state index contributed by atoms with van der Waals surface area (Å²) in [6.45, 7) is 7.60. The SMILES string of the molecule is CC(C)c1noc2ncc(C(=O)N3CCC[C@H]([C@@H](C)N)C3)cc12. The first kappa shape index (κ1) is 15.9. The number of piperidine rings is 1. The van der Waals surface area contributed by atoms with Crippen LogP contribution in [0.2, 0.25) is 0 Å². The van der Waals surface area contributed by atoms with Gasteiger partial charge in [0.15, 0.2) is 0 Å². The van der Waals surface area contributed by atoms with Crippen LogP contribution in [-0.2, 0) is 0 Å². The van der Waals surface area contributed by atoms with Crippen LogP contribution in [0.5, 0.6) is 0 Å². The first-order valence-electron chi connectivity index (χ1n) is 8.27. The third-order valence-electron chi connectivity index (χ3n) is 4.64. The van der Waals surface area contributed by atoms with E-state index in [4.69, 9.17) is 10.3 Å². The number of amides is 1. The molecule has 0 spiro atoms. The Kier molecular flexibility index (Phi) is 4.35. The maximum Gasteiger partial charge on any atom is 0.257 e. The van der Waals surface area contributed by atoms with Crippen LogP contribution < -0.4 is 5.73 Å². The summed E-state index contributed by atoms with van der Waals surface area (Å²) in [5.74, 6) is 0.604. The molecule has 1 saturated heterocycles. The molecule has 1 aliphatic heterocycles. The zero-order valence-electron chi connectivity index (χ0n) is 14.0. The number of nitrogens with two attached hydrogens (primary N) is 1. The standard InChI is InChI=1S/C17H24N4O2/c1-10(2)15-14-7-13(8-19-16(14)23-20-15)17(22)21-6-4-5-12(9-21)11(3)18/h7-8,10-12H,4-6,9,18H2,1-3H3/t11-,12+/m1/s1. The van der Waals surface area contributed by atoms with Crippen molar-refractivity contribution in [1.82, 2.24) is 15.0 Å². The van der Waals surface area contributed by atoms with E-state index in [1.807, 2.05) is 31.7 Å². The monoisotopic (exact) mass is 316 g/mol. The molecule has 6 nitrogen and oxygen atoms in total. The van der Waals surface area contributed by atoms with Crippen molar-refractivity contribution in [3.05, 3.63) is 23.5 Å². The number of nitrogens with zero attached hydrogens (tertiary/aromatic N) is 3. The highest BCUT2D eigenvalue weighted by Crippen LogP contribution is 2.25. The van der Waals surface area contributed by atoms with Gasteiger partial charge in [0.2, 0.25) is 0 Å². The molecule has 0 saturated carbocycles. The van der Waals surface area contributed by atoms with Gasteiger partial charge in [0.05, 0.1) is 16.6 Å². The summed E-state index contributed by atoms with van der Waals surface area (Å²) in [7, 11) is 0. The fraction of sp³-hybridized carbons (Fsp3) is 0.588. The molecule has 2 atom stereocenters. The summed E-state index contributed by atoms with van der Waals surface area (Å²) >= 11 is 0. The fourth-order valence-corrected chi connectivity index (χ4v) is 3.19. The van der Waals surface area contributed by atoms with Gasteiger partial charge in [0, 0.05) is 25.3 Å². The van der Waals surface area contributed by atoms with E-state index in [0.717, 1.165) is 37.0 Å². The Morgan fingerprint density at radius 1 is 1.43 bits per heavy atom. The van der Waals surface area contributed by atoms with E-state index in [9.17, 15) is 4.79 Å². The number of rotatable bonds is 3. The Morgan fingerprint density at radius 2 is 2.22 bits per heavy atom. The molecule has 3 heterocycles. The molecular weight excluding hydrogens is 292 g/mol. The molecule has 1 fully saturated rings. The topological polar surface area (TPSA) is 85.2 Å². The first-order valence-corrected chi connectivity index (χ1v) is 8.27. The summed E-state index contributed by atoms with van der Waals surface area (Å²) < 4.78 is 5.24. The smallest absolute Gasteiger partial charge is 0.257 e. The van der Waals surface area contributed by atoms with Gasteiger partial charge in [-0.3, -0.25) is 4.79 Å². The number of pyridine rings is 1. The highest BCUT2D eigenvalue weighted by Gasteiger charge is 2.27. The molecule has 23 heavy (non-hydrogen) atoms. The van der Waals surface area contributed by atoms with Crippen molar-refractivity contribution in [3.63, 3.8) is 0 Å². The van der Waals surface area contributed by atoms with E-state index in [-0.39, 0.29) is 17.9 Å². The van der Waals surface area contributed by atoms with Gasteiger partial charge in [0.25, 0.3) is 11.6 Å². The number of likely N-dealkylation sites (tertiary alicyclic amines) is 1. The van der Waals surface area contributed by atoms with E-state index >= 15 is 0 Å². The lowest BCUT2D eigenvalue weighted by Crippen LogP contribution is -2.45. The molecule has 6 heteroatoms. The lowest BCUT2D eigenvalue weighted by molar-refractivity contribution is 0.0660. The predicted octanol–water partition coefficient (Wildman–Crippen LogP) is 2.55. The van der Waals surface area contributed by atoms with Crippen LogP contribution in [0.15, 0.2) is 16.8 Å². The quantitative estimate of drug-likeness (QED) is 0.940. The van der Waals surface area contributed by atoms with Crippen molar-refractivity contribution in [2.45, 2.75) is 45.6 Å². The molecule has 1 amide bonds. The van der Waals surface area contributed by atoms with Crippen molar-refractivity contribution in [1.29, 1.82) is 0 Å². The van der Waals surface area contributed by atoms with E-state index < -0.39 is 0 Å². The van der Waals surface area contributed by atoms with Crippen LogP contribution in [0, 0.1) is 5.92 Å². The van der Waals surface area contributed by atoms with E-state index in [0.29, 0.717) is 17.2 Å². The van der Waals surface area contributed by atoms with Crippen LogP contribution in [0.4, 0.5) is 0 Å². The lowest BCUT2D eigenvalue weighted by Gasteiger charge is -2.34. The highest BCUT2D eigenvalue weighted by atomic mass is 16.5. The van der Waals surface area contributed by atoms with Gasteiger partial charge in [-0.25, -0.2) is 4.98 Å². The molecule has 0 radical (unpaired) electrons. The van der Waals surface area contributed by atoms with Crippen LogP contribution in [0.3, 0.4) is 0 Å². The molecule has 1 aliphatic rings. The van der Waals surface area contributed by atoms with Crippen molar-refractivity contribution >= 4 is 17.0 Å². The number of fused-ring (bicyclic) bond motifs is 1. The van der Waals surface area contributed by atoms with E-state index in [1.54, 1.807) is 6.20 Å². The normalized spacial score (nSPS) is 20.2. The largest absolute Gasteiger partial charge is 0.338 e. The molecule has 3 rings (SSSR count). The Bertz CT molecular complexity index is 708. The molecule has 2 aromatic rings. The number of aromatic nitrogens is 2.